The van der Waals surface area contributed by atoms with Gasteiger partial charge >= 0.3 is 5.69 Å². The highest BCUT2D eigenvalue weighted by atomic mass is 35.5. The van der Waals surface area contributed by atoms with Crippen molar-refractivity contribution in [3.05, 3.63) is 67.9 Å². The third-order valence-electron chi connectivity index (χ3n) is 6.06. The number of anilines is 2. The average molecular weight is 522 g/mol. The van der Waals surface area contributed by atoms with Crippen LogP contribution in [0.4, 0.5) is 11.5 Å². The minimum absolute atomic E-state index is 0.194. The molecule has 37 heavy (non-hydrogen) atoms. The summed E-state index contributed by atoms with van der Waals surface area (Å²) in [7, 11) is 0. The Bertz CT molecular complexity index is 1660. The van der Waals surface area contributed by atoms with Crippen LogP contribution >= 0.6 is 11.6 Å². The molecule has 1 aromatic carbocycles. The van der Waals surface area contributed by atoms with Crippen LogP contribution in [0.1, 0.15) is 18.2 Å². The number of aromatic amines is 2. The number of aromatic hydroxyl groups is 1. The molecule has 190 valence electrons. The van der Waals surface area contributed by atoms with Crippen molar-refractivity contribution >= 4 is 34.8 Å². The molecular formula is C24H24ClN9O3. The number of nitrogens with zero attached hydrogens (tertiary/aromatic N) is 6. The lowest BCUT2D eigenvalue weighted by Crippen LogP contribution is -2.43. The third kappa shape index (κ3) is 5.34. The number of benzene rings is 1. The zero-order chi connectivity index (χ0) is 25.9. The van der Waals surface area contributed by atoms with Crippen LogP contribution in [0.25, 0.3) is 11.7 Å². The van der Waals surface area contributed by atoms with Gasteiger partial charge in [-0.15, -0.1) is 0 Å². The molecule has 1 aliphatic rings. The molecule has 1 saturated heterocycles. The lowest BCUT2D eigenvalue weighted by Gasteiger charge is -2.31. The summed E-state index contributed by atoms with van der Waals surface area (Å²) in [5.41, 5.74) is 1.70. The van der Waals surface area contributed by atoms with Gasteiger partial charge in [-0.1, -0.05) is 11.6 Å². The summed E-state index contributed by atoms with van der Waals surface area (Å²) in [6.07, 6.45) is 3.15. The summed E-state index contributed by atoms with van der Waals surface area (Å²) >= 11 is 6.37. The van der Waals surface area contributed by atoms with Crippen molar-refractivity contribution in [1.29, 1.82) is 5.26 Å². The first-order chi connectivity index (χ1) is 17.9. The van der Waals surface area contributed by atoms with Crippen LogP contribution in [0.15, 0.2) is 40.2 Å². The van der Waals surface area contributed by atoms with Gasteiger partial charge in [0, 0.05) is 30.4 Å². The standard InChI is InChI=1S/C24H24ClN9O3/c1-14(33-4-6-37-7-5-33)12-27-21-10-20(29-18-3-2-15(11-26)8-17(18)25)31-22-16(13-28-34(21)22)9-19-23(35)32-24(36)30-19/h2-3,8-10,13-14,29,35H,4-7,12H2,1H3,(H2,30,32,36)/b16-9+,27-21?. The number of ether oxygens (including phenoxy) is 1. The van der Waals surface area contributed by atoms with Gasteiger partial charge < -0.3 is 20.1 Å². The summed E-state index contributed by atoms with van der Waals surface area (Å²) in [6, 6.07) is 8.95. The number of aromatic nitrogens is 5. The van der Waals surface area contributed by atoms with Crippen molar-refractivity contribution in [1.82, 2.24) is 29.5 Å². The first kappa shape index (κ1) is 24.5. The minimum Gasteiger partial charge on any atom is -0.493 e. The highest BCUT2D eigenvalue weighted by Gasteiger charge is 2.17. The molecule has 12 nitrogen and oxygen atoms in total. The number of H-pyrrole nitrogens is 2. The monoisotopic (exact) mass is 521 g/mol. The fourth-order valence-electron chi connectivity index (χ4n) is 4.07. The number of halogens is 1. The SMILES string of the molecule is CC(CN=c1cc(Nc2ccc(C#N)cc2Cl)nc2/c(=C/c3[nH]c(=O)[nH]c3O)cnn12)N1CCOCC1. The Kier molecular flexibility index (Phi) is 6.91. The van der Waals surface area contributed by atoms with Gasteiger partial charge in [-0.25, -0.2) is 9.78 Å². The Hall–Kier alpha value is -4.18. The summed E-state index contributed by atoms with van der Waals surface area (Å²) in [6.45, 7) is 5.76. The predicted molar refractivity (Wildman–Crippen MR) is 137 cm³/mol. The average Bonchev–Trinajstić information content (AvgIpc) is 3.45. The lowest BCUT2D eigenvalue weighted by molar-refractivity contribution is 0.0219. The Labute approximate surface area is 215 Å². The maximum Gasteiger partial charge on any atom is 0.326 e. The van der Waals surface area contributed by atoms with E-state index in [2.05, 4.69) is 43.3 Å². The third-order valence-corrected chi connectivity index (χ3v) is 6.38. The smallest absolute Gasteiger partial charge is 0.326 e. The second-order valence-corrected chi connectivity index (χ2v) is 9.00. The number of imidazole rings is 1. The second-order valence-electron chi connectivity index (χ2n) is 8.59. The molecule has 0 aliphatic carbocycles. The number of fused-ring (bicyclic) bond motifs is 1. The maximum absolute atomic E-state index is 11.6. The van der Waals surface area contributed by atoms with Crippen molar-refractivity contribution in [2.45, 2.75) is 13.0 Å². The fourth-order valence-corrected chi connectivity index (χ4v) is 4.30. The topological polar surface area (TPSA) is 160 Å². The number of nitriles is 1. The van der Waals surface area contributed by atoms with Gasteiger partial charge in [0.1, 0.15) is 11.5 Å². The molecule has 0 spiro atoms. The van der Waals surface area contributed by atoms with E-state index < -0.39 is 5.69 Å². The minimum atomic E-state index is -0.529. The number of hydrogen-bond acceptors (Lipinski definition) is 9. The van der Waals surface area contributed by atoms with Crippen molar-refractivity contribution in [2.24, 2.45) is 4.99 Å². The molecule has 1 atom stereocenters. The van der Waals surface area contributed by atoms with Gasteiger partial charge in [-0.05, 0) is 31.2 Å². The number of morpholine rings is 1. The summed E-state index contributed by atoms with van der Waals surface area (Å²) in [5.74, 6) is 0.172. The van der Waals surface area contributed by atoms with Crippen LogP contribution in [-0.4, -0.2) is 73.5 Å². The van der Waals surface area contributed by atoms with E-state index in [9.17, 15) is 9.90 Å². The van der Waals surface area contributed by atoms with E-state index in [4.69, 9.17) is 26.6 Å². The molecule has 4 heterocycles. The van der Waals surface area contributed by atoms with Gasteiger partial charge in [0.15, 0.2) is 11.1 Å². The molecule has 13 heteroatoms. The predicted octanol–water partition coefficient (Wildman–Crippen LogP) is 0.889. The van der Waals surface area contributed by atoms with E-state index in [1.54, 1.807) is 41.1 Å². The van der Waals surface area contributed by atoms with Crippen molar-refractivity contribution in [2.75, 3.05) is 38.2 Å². The maximum atomic E-state index is 11.6. The molecule has 0 bridgehead atoms. The second kappa shape index (κ2) is 10.4. The number of rotatable bonds is 6. The molecular weight excluding hydrogens is 498 g/mol. The molecule has 4 aromatic rings. The van der Waals surface area contributed by atoms with E-state index >= 15 is 0 Å². The lowest BCUT2D eigenvalue weighted by atomic mass is 10.2. The van der Waals surface area contributed by atoms with Gasteiger partial charge in [-0.3, -0.25) is 14.9 Å². The number of nitrogens with one attached hydrogen (secondary N) is 3. The fraction of sp³-hybridized carbons (Fsp3) is 0.292. The van der Waals surface area contributed by atoms with E-state index in [0.717, 1.165) is 13.1 Å². The van der Waals surface area contributed by atoms with Crippen LogP contribution in [0.3, 0.4) is 0 Å². The molecule has 0 radical (unpaired) electrons. The number of hydrogen-bond donors (Lipinski definition) is 4. The molecule has 0 saturated carbocycles. The Morgan fingerprint density at radius 2 is 2.16 bits per heavy atom. The zero-order valence-electron chi connectivity index (χ0n) is 19.9. The van der Waals surface area contributed by atoms with E-state index in [0.29, 0.717) is 58.2 Å². The highest BCUT2D eigenvalue weighted by Crippen LogP contribution is 2.25. The quantitative estimate of drug-likeness (QED) is 0.291. The summed E-state index contributed by atoms with van der Waals surface area (Å²) < 4.78 is 7.05. The Morgan fingerprint density at radius 3 is 2.86 bits per heavy atom. The van der Waals surface area contributed by atoms with Crippen LogP contribution < -0.4 is 21.7 Å². The van der Waals surface area contributed by atoms with Crippen molar-refractivity contribution < 1.29 is 9.84 Å². The molecule has 5 rings (SSSR count). The zero-order valence-corrected chi connectivity index (χ0v) is 20.7. The molecule has 4 N–H and O–H groups in total. The largest absolute Gasteiger partial charge is 0.493 e. The van der Waals surface area contributed by atoms with Gasteiger partial charge in [0.25, 0.3) is 0 Å². The van der Waals surface area contributed by atoms with Crippen molar-refractivity contribution in [3.8, 4) is 11.9 Å². The Morgan fingerprint density at radius 1 is 1.35 bits per heavy atom. The van der Waals surface area contributed by atoms with E-state index in [-0.39, 0.29) is 17.6 Å². The molecule has 3 aromatic heterocycles. The van der Waals surface area contributed by atoms with Crippen LogP contribution in [0.5, 0.6) is 5.88 Å². The van der Waals surface area contributed by atoms with Crippen molar-refractivity contribution in [3.63, 3.8) is 0 Å². The highest BCUT2D eigenvalue weighted by molar-refractivity contribution is 6.33. The van der Waals surface area contributed by atoms with Gasteiger partial charge in [0.05, 0.1) is 48.3 Å². The first-order valence-corrected chi connectivity index (χ1v) is 12.0. The molecule has 1 unspecified atom stereocenters. The van der Waals surface area contributed by atoms with Crippen LogP contribution in [0, 0.1) is 11.3 Å². The first-order valence-electron chi connectivity index (χ1n) is 11.6. The summed E-state index contributed by atoms with van der Waals surface area (Å²) in [5, 5.41) is 27.7. The van der Waals surface area contributed by atoms with E-state index in [1.165, 1.54) is 0 Å². The molecule has 1 fully saturated rings. The Balaban J connectivity index is 1.59. The van der Waals surface area contributed by atoms with Gasteiger partial charge in [0.2, 0.25) is 5.88 Å². The van der Waals surface area contributed by atoms with Gasteiger partial charge in [-0.2, -0.15) is 14.9 Å². The van der Waals surface area contributed by atoms with Crippen LogP contribution in [-0.2, 0) is 4.74 Å². The summed E-state index contributed by atoms with van der Waals surface area (Å²) in [4.78, 5) is 28.2. The normalized spacial score (nSPS) is 16.2. The molecule has 0 amide bonds. The molecule has 1 aliphatic heterocycles. The van der Waals surface area contributed by atoms with Crippen LogP contribution in [0.2, 0.25) is 5.02 Å². The van der Waals surface area contributed by atoms with E-state index in [1.807, 2.05) is 0 Å².